The average Bonchev–Trinajstić information content (AvgIpc) is 2.42. The van der Waals surface area contributed by atoms with Crippen LogP contribution >= 0.6 is 15.9 Å². The maximum Gasteiger partial charge on any atom is 0.393 e. The molecule has 118 valence electrons. The maximum absolute atomic E-state index is 12.8. The molecule has 1 aliphatic rings. The maximum atomic E-state index is 12.8. The summed E-state index contributed by atoms with van der Waals surface area (Å²) in [4.78, 5) is 1.79. The highest BCUT2D eigenvalue weighted by molar-refractivity contribution is 9.10. The molecule has 1 N–H and O–H groups in total. The number of methoxy groups -OCH3 is 1. The third kappa shape index (κ3) is 4.03. The molecule has 0 aliphatic carbocycles. The highest BCUT2D eigenvalue weighted by Crippen LogP contribution is 2.37. The zero-order valence-electron chi connectivity index (χ0n) is 11.6. The molecular formula is C14H17BrF3NO2. The first-order chi connectivity index (χ1) is 9.81. The second kappa shape index (κ2) is 6.44. The van der Waals surface area contributed by atoms with E-state index in [1.165, 1.54) is 7.11 Å². The number of nitrogens with zero attached hydrogens (tertiary/aromatic N) is 1. The van der Waals surface area contributed by atoms with Crippen molar-refractivity contribution in [3.63, 3.8) is 0 Å². The van der Waals surface area contributed by atoms with E-state index in [0.717, 1.165) is 5.56 Å². The standard InChI is InChI=1S/C14H17BrF3NO2/c1-21-12-6-9(5-11(15)13(12)20)7-19-4-2-3-10(8-19)14(16,17)18/h5-6,10,20H,2-4,7-8H2,1H3. The van der Waals surface area contributed by atoms with Crippen LogP contribution in [0.3, 0.4) is 0 Å². The van der Waals surface area contributed by atoms with Crippen molar-refractivity contribution in [1.82, 2.24) is 4.90 Å². The lowest BCUT2D eigenvalue weighted by Crippen LogP contribution is -2.41. The van der Waals surface area contributed by atoms with E-state index in [4.69, 9.17) is 4.74 Å². The number of ether oxygens (including phenoxy) is 1. The molecule has 1 atom stereocenters. The van der Waals surface area contributed by atoms with Gasteiger partial charge in [-0.2, -0.15) is 13.2 Å². The Morgan fingerprint density at radius 3 is 2.76 bits per heavy atom. The van der Waals surface area contributed by atoms with Crippen LogP contribution in [-0.2, 0) is 6.54 Å². The van der Waals surface area contributed by atoms with Gasteiger partial charge in [0.2, 0.25) is 0 Å². The zero-order chi connectivity index (χ0) is 15.6. The summed E-state index contributed by atoms with van der Waals surface area (Å²) in [6, 6.07) is 3.35. The molecule has 2 rings (SSSR count). The molecule has 0 amide bonds. The number of halogens is 4. The Balaban J connectivity index is 2.09. The summed E-state index contributed by atoms with van der Waals surface area (Å²) in [5.41, 5.74) is 0.805. The summed E-state index contributed by atoms with van der Waals surface area (Å²) < 4.78 is 43.9. The topological polar surface area (TPSA) is 32.7 Å². The first-order valence-corrected chi connectivity index (χ1v) is 7.45. The Morgan fingerprint density at radius 1 is 1.43 bits per heavy atom. The van der Waals surface area contributed by atoms with E-state index in [2.05, 4.69) is 15.9 Å². The normalized spacial score (nSPS) is 20.5. The highest BCUT2D eigenvalue weighted by atomic mass is 79.9. The number of likely N-dealkylation sites (tertiary alicyclic amines) is 1. The van der Waals surface area contributed by atoms with Gasteiger partial charge in [-0.1, -0.05) is 0 Å². The minimum atomic E-state index is -4.13. The number of benzene rings is 1. The first kappa shape index (κ1) is 16.4. The molecule has 1 aliphatic heterocycles. The van der Waals surface area contributed by atoms with Gasteiger partial charge < -0.3 is 9.84 Å². The molecule has 1 saturated heterocycles. The molecular weight excluding hydrogens is 351 g/mol. The van der Waals surface area contributed by atoms with Crippen molar-refractivity contribution in [3.05, 3.63) is 22.2 Å². The van der Waals surface area contributed by atoms with Crippen molar-refractivity contribution in [2.45, 2.75) is 25.6 Å². The summed E-state index contributed by atoms with van der Waals surface area (Å²) in [5, 5.41) is 9.74. The predicted octanol–water partition coefficient (Wildman–Crippen LogP) is 3.94. The number of alkyl halides is 3. The first-order valence-electron chi connectivity index (χ1n) is 6.65. The molecule has 0 spiro atoms. The largest absolute Gasteiger partial charge is 0.503 e. The van der Waals surface area contributed by atoms with E-state index >= 15 is 0 Å². The summed E-state index contributed by atoms with van der Waals surface area (Å²) in [7, 11) is 1.44. The van der Waals surface area contributed by atoms with Crippen LogP contribution in [0.25, 0.3) is 0 Å². The fourth-order valence-corrected chi connectivity index (χ4v) is 3.09. The lowest BCUT2D eigenvalue weighted by molar-refractivity contribution is -0.187. The monoisotopic (exact) mass is 367 g/mol. The lowest BCUT2D eigenvalue weighted by Gasteiger charge is -2.33. The zero-order valence-corrected chi connectivity index (χ0v) is 13.2. The van der Waals surface area contributed by atoms with Crippen molar-refractivity contribution in [2.75, 3.05) is 20.2 Å². The van der Waals surface area contributed by atoms with Crippen LogP contribution in [0.5, 0.6) is 11.5 Å². The van der Waals surface area contributed by atoms with Gasteiger partial charge in [0.05, 0.1) is 17.5 Å². The number of phenols is 1. The number of piperidine rings is 1. The molecule has 0 radical (unpaired) electrons. The van der Waals surface area contributed by atoms with Crippen LogP contribution in [-0.4, -0.2) is 36.4 Å². The smallest absolute Gasteiger partial charge is 0.393 e. The van der Waals surface area contributed by atoms with E-state index in [9.17, 15) is 18.3 Å². The van der Waals surface area contributed by atoms with Crippen LogP contribution in [0.15, 0.2) is 16.6 Å². The van der Waals surface area contributed by atoms with Gasteiger partial charge >= 0.3 is 6.18 Å². The molecule has 0 saturated carbocycles. The predicted molar refractivity (Wildman–Crippen MR) is 76.4 cm³/mol. The van der Waals surface area contributed by atoms with Crippen LogP contribution in [0.2, 0.25) is 0 Å². The Hall–Kier alpha value is -0.950. The second-order valence-corrected chi connectivity index (χ2v) is 6.10. The minimum absolute atomic E-state index is 0.00642. The molecule has 21 heavy (non-hydrogen) atoms. The van der Waals surface area contributed by atoms with Gasteiger partial charge in [-0.15, -0.1) is 0 Å². The van der Waals surface area contributed by atoms with E-state index < -0.39 is 12.1 Å². The molecule has 1 aromatic rings. The molecule has 0 aromatic heterocycles. The lowest BCUT2D eigenvalue weighted by atomic mass is 9.97. The van der Waals surface area contributed by atoms with E-state index in [0.29, 0.717) is 29.7 Å². The molecule has 1 heterocycles. The van der Waals surface area contributed by atoms with Crippen molar-refractivity contribution in [1.29, 1.82) is 0 Å². The van der Waals surface area contributed by atoms with Gasteiger partial charge in [-0.3, -0.25) is 4.90 Å². The number of hydrogen-bond donors (Lipinski definition) is 1. The van der Waals surface area contributed by atoms with Gasteiger partial charge in [0.25, 0.3) is 0 Å². The third-order valence-corrected chi connectivity index (χ3v) is 4.29. The van der Waals surface area contributed by atoms with E-state index in [1.54, 1.807) is 17.0 Å². The molecule has 1 aromatic carbocycles. The molecule has 1 unspecified atom stereocenters. The molecule has 3 nitrogen and oxygen atoms in total. The minimum Gasteiger partial charge on any atom is -0.503 e. The molecule has 7 heteroatoms. The Morgan fingerprint density at radius 2 is 2.14 bits per heavy atom. The van der Waals surface area contributed by atoms with Crippen molar-refractivity contribution >= 4 is 15.9 Å². The fraction of sp³-hybridized carbons (Fsp3) is 0.571. The van der Waals surface area contributed by atoms with Gasteiger partial charge in [0, 0.05) is 13.1 Å². The van der Waals surface area contributed by atoms with Crippen LogP contribution in [0.1, 0.15) is 18.4 Å². The summed E-state index contributed by atoms with van der Waals surface area (Å²) in [6.07, 6.45) is -3.39. The summed E-state index contributed by atoms with van der Waals surface area (Å²) in [6.45, 7) is 1.07. The Bertz CT molecular complexity index is 508. The average molecular weight is 368 g/mol. The quantitative estimate of drug-likeness (QED) is 0.878. The number of aromatic hydroxyl groups is 1. The second-order valence-electron chi connectivity index (χ2n) is 5.24. The Kier molecular flexibility index (Phi) is 5.03. The van der Waals surface area contributed by atoms with Gasteiger partial charge in [-0.25, -0.2) is 0 Å². The van der Waals surface area contributed by atoms with E-state index in [1.807, 2.05) is 0 Å². The van der Waals surface area contributed by atoms with Gasteiger partial charge in [0.1, 0.15) is 0 Å². The Labute approximate surface area is 129 Å². The van der Waals surface area contributed by atoms with Crippen molar-refractivity contribution in [2.24, 2.45) is 5.92 Å². The summed E-state index contributed by atoms with van der Waals surface area (Å²) in [5.74, 6) is -0.953. The van der Waals surface area contributed by atoms with Crippen molar-refractivity contribution in [3.8, 4) is 11.5 Å². The van der Waals surface area contributed by atoms with Crippen LogP contribution in [0.4, 0.5) is 13.2 Å². The van der Waals surface area contributed by atoms with Crippen LogP contribution in [0, 0.1) is 5.92 Å². The van der Waals surface area contributed by atoms with Crippen molar-refractivity contribution < 1.29 is 23.0 Å². The van der Waals surface area contributed by atoms with Gasteiger partial charge in [0.15, 0.2) is 11.5 Å². The third-order valence-electron chi connectivity index (χ3n) is 3.68. The number of hydrogen-bond acceptors (Lipinski definition) is 3. The SMILES string of the molecule is COc1cc(CN2CCCC(C(F)(F)F)C2)cc(Br)c1O. The van der Waals surface area contributed by atoms with Crippen LogP contribution < -0.4 is 4.74 Å². The van der Waals surface area contributed by atoms with E-state index in [-0.39, 0.29) is 18.7 Å². The summed E-state index contributed by atoms with van der Waals surface area (Å²) >= 11 is 3.22. The number of rotatable bonds is 3. The number of phenolic OH excluding ortho intramolecular Hbond substituents is 1. The molecule has 0 bridgehead atoms. The van der Waals surface area contributed by atoms with Gasteiger partial charge in [-0.05, 0) is 53.0 Å². The highest BCUT2D eigenvalue weighted by Gasteiger charge is 2.41. The molecule has 1 fully saturated rings. The fourth-order valence-electron chi connectivity index (χ4n) is 2.60.